The van der Waals surface area contributed by atoms with Crippen molar-refractivity contribution in [1.82, 2.24) is 0 Å². The SMILES string of the molecule is COc1ccc(OC)c(/C=N\Nc2ccc(Cl)c(C(=O)O)c2)c1. The Labute approximate surface area is 138 Å². The van der Waals surface area contributed by atoms with E-state index < -0.39 is 5.97 Å². The number of anilines is 1. The number of methoxy groups -OCH3 is 2. The van der Waals surface area contributed by atoms with E-state index in [9.17, 15) is 4.79 Å². The van der Waals surface area contributed by atoms with Crippen molar-refractivity contribution in [3.05, 3.63) is 52.5 Å². The molecular weight excluding hydrogens is 320 g/mol. The highest BCUT2D eigenvalue weighted by molar-refractivity contribution is 6.33. The first-order valence-electron chi connectivity index (χ1n) is 6.59. The van der Waals surface area contributed by atoms with E-state index in [-0.39, 0.29) is 10.6 Å². The number of hydrogen-bond donors (Lipinski definition) is 2. The summed E-state index contributed by atoms with van der Waals surface area (Å²) < 4.78 is 10.4. The van der Waals surface area contributed by atoms with Crippen molar-refractivity contribution in [3.8, 4) is 11.5 Å². The largest absolute Gasteiger partial charge is 0.497 e. The highest BCUT2D eigenvalue weighted by Crippen LogP contribution is 2.23. The summed E-state index contributed by atoms with van der Waals surface area (Å²) in [6.45, 7) is 0. The molecule has 0 spiro atoms. The van der Waals surface area contributed by atoms with Crippen molar-refractivity contribution in [3.63, 3.8) is 0 Å². The molecule has 7 heteroatoms. The van der Waals surface area contributed by atoms with E-state index >= 15 is 0 Å². The summed E-state index contributed by atoms with van der Waals surface area (Å²) in [6.07, 6.45) is 1.55. The van der Waals surface area contributed by atoms with Crippen molar-refractivity contribution >= 4 is 29.5 Å². The van der Waals surface area contributed by atoms with Gasteiger partial charge >= 0.3 is 5.97 Å². The minimum Gasteiger partial charge on any atom is -0.497 e. The molecule has 0 aliphatic carbocycles. The maximum absolute atomic E-state index is 11.0. The number of rotatable bonds is 6. The highest BCUT2D eigenvalue weighted by atomic mass is 35.5. The standard InChI is InChI=1S/C16H15ClN2O4/c1-22-12-4-6-15(23-2)10(7-12)9-18-19-11-3-5-14(17)13(8-11)16(20)21/h3-9,19H,1-2H3,(H,20,21)/b18-9-. The van der Waals surface area contributed by atoms with Crippen molar-refractivity contribution in [2.75, 3.05) is 19.6 Å². The molecular formula is C16H15ClN2O4. The number of nitrogens with one attached hydrogen (secondary N) is 1. The van der Waals surface area contributed by atoms with Gasteiger partial charge in [-0.1, -0.05) is 11.6 Å². The van der Waals surface area contributed by atoms with E-state index in [2.05, 4.69) is 10.5 Å². The Balaban J connectivity index is 2.19. The Kier molecular flexibility index (Phi) is 5.43. The van der Waals surface area contributed by atoms with Gasteiger partial charge in [-0.2, -0.15) is 5.10 Å². The van der Waals surface area contributed by atoms with Crippen LogP contribution in [0.4, 0.5) is 5.69 Å². The minimum absolute atomic E-state index is 0.00540. The van der Waals surface area contributed by atoms with Crippen molar-refractivity contribution in [2.45, 2.75) is 0 Å². The third-order valence-corrected chi connectivity index (χ3v) is 3.36. The number of ether oxygens (including phenoxy) is 2. The van der Waals surface area contributed by atoms with Crippen LogP contribution in [0.15, 0.2) is 41.5 Å². The van der Waals surface area contributed by atoms with E-state index in [1.54, 1.807) is 44.7 Å². The highest BCUT2D eigenvalue weighted by Gasteiger charge is 2.09. The van der Waals surface area contributed by atoms with Crippen LogP contribution in [0.3, 0.4) is 0 Å². The summed E-state index contributed by atoms with van der Waals surface area (Å²) in [5.74, 6) is 0.211. The van der Waals surface area contributed by atoms with Gasteiger partial charge in [0, 0.05) is 5.56 Å². The van der Waals surface area contributed by atoms with Crippen LogP contribution < -0.4 is 14.9 Å². The molecule has 2 rings (SSSR count). The first kappa shape index (κ1) is 16.6. The maximum Gasteiger partial charge on any atom is 0.337 e. The number of carbonyl (C=O) groups is 1. The van der Waals surface area contributed by atoms with Gasteiger partial charge in [0.2, 0.25) is 0 Å². The third kappa shape index (κ3) is 4.14. The molecule has 0 fully saturated rings. The molecule has 0 bridgehead atoms. The molecule has 0 atom stereocenters. The Hall–Kier alpha value is -2.73. The number of carboxylic acid groups (broad SMARTS) is 1. The number of aromatic carboxylic acids is 1. The summed E-state index contributed by atoms with van der Waals surface area (Å²) in [6, 6.07) is 9.86. The van der Waals surface area contributed by atoms with E-state index in [1.165, 1.54) is 12.1 Å². The van der Waals surface area contributed by atoms with E-state index in [0.29, 0.717) is 22.7 Å². The van der Waals surface area contributed by atoms with Gasteiger partial charge in [0.05, 0.1) is 36.7 Å². The van der Waals surface area contributed by atoms with Gasteiger partial charge in [-0.15, -0.1) is 0 Å². The number of hydrogen-bond acceptors (Lipinski definition) is 5. The zero-order valence-electron chi connectivity index (χ0n) is 12.5. The lowest BCUT2D eigenvalue weighted by molar-refractivity contribution is 0.0697. The lowest BCUT2D eigenvalue weighted by Crippen LogP contribution is -1.99. The molecule has 6 nitrogen and oxygen atoms in total. The molecule has 2 aromatic carbocycles. The number of halogens is 1. The van der Waals surface area contributed by atoms with Crippen LogP contribution in [-0.2, 0) is 0 Å². The van der Waals surface area contributed by atoms with Crippen LogP contribution in [0, 0.1) is 0 Å². The summed E-state index contributed by atoms with van der Waals surface area (Å²) in [4.78, 5) is 11.0. The molecule has 0 aliphatic heterocycles. The summed E-state index contributed by atoms with van der Waals surface area (Å²) in [5.41, 5.74) is 3.98. The normalized spacial score (nSPS) is 10.6. The molecule has 2 aromatic rings. The lowest BCUT2D eigenvalue weighted by atomic mass is 10.2. The van der Waals surface area contributed by atoms with Gasteiger partial charge < -0.3 is 14.6 Å². The summed E-state index contributed by atoms with van der Waals surface area (Å²) in [5, 5.41) is 13.3. The lowest BCUT2D eigenvalue weighted by Gasteiger charge is -2.07. The Morgan fingerprint density at radius 3 is 2.65 bits per heavy atom. The van der Waals surface area contributed by atoms with Crippen LogP contribution >= 0.6 is 11.6 Å². The zero-order chi connectivity index (χ0) is 16.8. The predicted molar refractivity (Wildman–Crippen MR) is 89.2 cm³/mol. The van der Waals surface area contributed by atoms with Crippen LogP contribution in [0.2, 0.25) is 5.02 Å². The topological polar surface area (TPSA) is 80.2 Å². The monoisotopic (exact) mass is 334 g/mol. The van der Waals surface area contributed by atoms with Gasteiger partial charge in [-0.05, 0) is 36.4 Å². The van der Waals surface area contributed by atoms with Crippen LogP contribution in [0.1, 0.15) is 15.9 Å². The second kappa shape index (κ2) is 7.51. The summed E-state index contributed by atoms with van der Waals surface area (Å²) in [7, 11) is 3.13. The molecule has 0 saturated heterocycles. The number of carboxylic acids is 1. The second-order valence-electron chi connectivity index (χ2n) is 4.48. The molecule has 0 aromatic heterocycles. The minimum atomic E-state index is -1.10. The Morgan fingerprint density at radius 1 is 1.22 bits per heavy atom. The molecule has 0 amide bonds. The molecule has 0 saturated carbocycles. The fourth-order valence-corrected chi connectivity index (χ4v) is 2.07. The van der Waals surface area contributed by atoms with Gasteiger partial charge in [0.1, 0.15) is 11.5 Å². The molecule has 0 radical (unpaired) electrons. The molecule has 0 heterocycles. The fraction of sp³-hybridized carbons (Fsp3) is 0.125. The quantitative estimate of drug-likeness (QED) is 0.624. The second-order valence-corrected chi connectivity index (χ2v) is 4.88. The first-order chi connectivity index (χ1) is 11.0. The smallest absolute Gasteiger partial charge is 0.337 e. The van der Waals surface area contributed by atoms with Crippen molar-refractivity contribution < 1.29 is 19.4 Å². The molecule has 2 N–H and O–H groups in total. The van der Waals surface area contributed by atoms with E-state index in [1.807, 2.05) is 0 Å². The fourth-order valence-electron chi connectivity index (χ4n) is 1.88. The maximum atomic E-state index is 11.0. The summed E-state index contributed by atoms with van der Waals surface area (Å²) >= 11 is 5.82. The Morgan fingerprint density at radius 2 is 2.00 bits per heavy atom. The van der Waals surface area contributed by atoms with Gasteiger partial charge in [0.15, 0.2) is 0 Å². The Bertz CT molecular complexity index is 747. The molecule has 23 heavy (non-hydrogen) atoms. The first-order valence-corrected chi connectivity index (χ1v) is 6.97. The van der Waals surface area contributed by atoms with Crippen molar-refractivity contribution in [2.24, 2.45) is 5.10 Å². The van der Waals surface area contributed by atoms with E-state index in [0.717, 1.165) is 0 Å². The molecule has 0 aliphatic rings. The van der Waals surface area contributed by atoms with Crippen LogP contribution in [0.25, 0.3) is 0 Å². The molecule has 120 valence electrons. The zero-order valence-corrected chi connectivity index (χ0v) is 13.3. The number of hydrazone groups is 1. The third-order valence-electron chi connectivity index (χ3n) is 3.03. The van der Waals surface area contributed by atoms with Crippen LogP contribution in [-0.4, -0.2) is 31.5 Å². The number of nitrogens with zero attached hydrogens (tertiary/aromatic N) is 1. The van der Waals surface area contributed by atoms with Crippen molar-refractivity contribution in [1.29, 1.82) is 0 Å². The average molecular weight is 335 g/mol. The van der Waals surface area contributed by atoms with Gasteiger partial charge in [0.25, 0.3) is 0 Å². The molecule has 0 unspecified atom stereocenters. The average Bonchev–Trinajstić information content (AvgIpc) is 2.56. The van der Waals surface area contributed by atoms with Gasteiger partial charge in [-0.3, -0.25) is 5.43 Å². The van der Waals surface area contributed by atoms with E-state index in [4.69, 9.17) is 26.2 Å². The van der Waals surface area contributed by atoms with Gasteiger partial charge in [-0.25, -0.2) is 4.79 Å². The predicted octanol–water partition coefficient (Wildman–Crippen LogP) is 3.50. The van der Waals surface area contributed by atoms with Crippen LogP contribution in [0.5, 0.6) is 11.5 Å². The number of benzene rings is 2.